The predicted octanol–water partition coefficient (Wildman–Crippen LogP) is 1.63. The summed E-state index contributed by atoms with van der Waals surface area (Å²) >= 11 is 0. The van der Waals surface area contributed by atoms with Gasteiger partial charge in [0, 0.05) is 19.3 Å². The maximum atomic E-state index is 11.9. The SMILES string of the molecule is CCNCCNC(=O)c1cnn(-c2ccccc2)c1.Cl. The van der Waals surface area contributed by atoms with Crippen LogP contribution in [0.2, 0.25) is 0 Å². The van der Waals surface area contributed by atoms with Crippen LogP contribution in [0.15, 0.2) is 42.7 Å². The summed E-state index contributed by atoms with van der Waals surface area (Å²) in [5.74, 6) is -0.0971. The van der Waals surface area contributed by atoms with E-state index >= 15 is 0 Å². The van der Waals surface area contributed by atoms with Crippen molar-refractivity contribution < 1.29 is 4.79 Å². The van der Waals surface area contributed by atoms with Gasteiger partial charge in [-0.2, -0.15) is 5.10 Å². The third-order valence-electron chi connectivity index (χ3n) is 2.70. The molecule has 5 nitrogen and oxygen atoms in total. The van der Waals surface area contributed by atoms with Crippen LogP contribution in [-0.4, -0.2) is 35.3 Å². The molecule has 0 spiro atoms. The maximum Gasteiger partial charge on any atom is 0.254 e. The van der Waals surface area contributed by atoms with E-state index in [4.69, 9.17) is 0 Å². The standard InChI is InChI=1S/C14H18N4O.ClH/c1-2-15-8-9-16-14(19)12-10-17-18(11-12)13-6-4-3-5-7-13;/h3-7,10-11,15H,2,8-9H2,1H3,(H,16,19);1H. The number of benzene rings is 1. The minimum absolute atomic E-state index is 0. The molecule has 2 aromatic rings. The van der Waals surface area contributed by atoms with Crippen LogP contribution in [0.3, 0.4) is 0 Å². The van der Waals surface area contributed by atoms with Gasteiger partial charge in [-0.25, -0.2) is 4.68 Å². The van der Waals surface area contributed by atoms with Gasteiger partial charge in [-0.1, -0.05) is 25.1 Å². The largest absolute Gasteiger partial charge is 0.351 e. The zero-order chi connectivity index (χ0) is 13.5. The van der Waals surface area contributed by atoms with Crippen molar-refractivity contribution in [2.45, 2.75) is 6.92 Å². The first-order valence-electron chi connectivity index (χ1n) is 6.40. The molecule has 108 valence electrons. The van der Waals surface area contributed by atoms with E-state index in [9.17, 15) is 4.79 Å². The lowest BCUT2D eigenvalue weighted by Crippen LogP contribution is -2.31. The minimum Gasteiger partial charge on any atom is -0.351 e. The van der Waals surface area contributed by atoms with Crippen LogP contribution in [0.1, 0.15) is 17.3 Å². The summed E-state index contributed by atoms with van der Waals surface area (Å²) in [5.41, 5.74) is 1.51. The number of halogens is 1. The van der Waals surface area contributed by atoms with Gasteiger partial charge in [-0.3, -0.25) is 4.79 Å². The number of hydrogen-bond donors (Lipinski definition) is 2. The van der Waals surface area contributed by atoms with Gasteiger partial charge in [0.05, 0.1) is 17.4 Å². The second-order valence-corrected chi connectivity index (χ2v) is 4.12. The Labute approximate surface area is 124 Å². The van der Waals surface area contributed by atoms with Crippen LogP contribution in [-0.2, 0) is 0 Å². The molecule has 1 heterocycles. The Kier molecular flexibility index (Phi) is 6.76. The summed E-state index contributed by atoms with van der Waals surface area (Å²) in [7, 11) is 0. The zero-order valence-corrected chi connectivity index (χ0v) is 12.2. The van der Waals surface area contributed by atoms with E-state index in [0.717, 1.165) is 18.8 Å². The maximum absolute atomic E-state index is 11.9. The van der Waals surface area contributed by atoms with Crippen LogP contribution in [0.4, 0.5) is 0 Å². The zero-order valence-electron chi connectivity index (χ0n) is 11.4. The number of para-hydroxylation sites is 1. The smallest absolute Gasteiger partial charge is 0.254 e. The number of carbonyl (C=O) groups is 1. The summed E-state index contributed by atoms with van der Waals surface area (Å²) in [4.78, 5) is 11.9. The van der Waals surface area contributed by atoms with Crippen LogP contribution in [0, 0.1) is 0 Å². The van der Waals surface area contributed by atoms with Crippen molar-refractivity contribution in [3.05, 3.63) is 48.3 Å². The van der Waals surface area contributed by atoms with Crippen LogP contribution < -0.4 is 10.6 Å². The van der Waals surface area contributed by atoms with Crippen molar-refractivity contribution >= 4 is 18.3 Å². The fourth-order valence-corrected chi connectivity index (χ4v) is 1.71. The van der Waals surface area contributed by atoms with Gasteiger partial charge in [0.15, 0.2) is 0 Å². The van der Waals surface area contributed by atoms with Gasteiger partial charge < -0.3 is 10.6 Å². The second-order valence-electron chi connectivity index (χ2n) is 4.12. The first kappa shape index (κ1) is 16.2. The van der Waals surface area contributed by atoms with Crippen molar-refractivity contribution in [3.63, 3.8) is 0 Å². The van der Waals surface area contributed by atoms with Gasteiger partial charge in [-0.15, -0.1) is 12.4 Å². The van der Waals surface area contributed by atoms with Crippen LogP contribution in [0.25, 0.3) is 5.69 Å². The van der Waals surface area contributed by atoms with E-state index in [2.05, 4.69) is 15.7 Å². The lowest BCUT2D eigenvalue weighted by Gasteiger charge is -2.03. The normalized spacial score (nSPS) is 9.85. The highest BCUT2D eigenvalue weighted by Crippen LogP contribution is 2.07. The summed E-state index contributed by atoms with van der Waals surface area (Å²) in [6.07, 6.45) is 3.31. The molecule has 0 atom stereocenters. The van der Waals surface area contributed by atoms with Crippen LogP contribution in [0.5, 0.6) is 0 Å². The minimum atomic E-state index is -0.0971. The molecule has 0 unspecified atom stereocenters. The first-order valence-corrected chi connectivity index (χ1v) is 6.40. The Bertz CT molecular complexity index is 527. The fourth-order valence-electron chi connectivity index (χ4n) is 1.71. The van der Waals surface area contributed by atoms with Gasteiger partial charge in [0.1, 0.15) is 0 Å². The van der Waals surface area contributed by atoms with Gasteiger partial charge in [-0.05, 0) is 18.7 Å². The van der Waals surface area contributed by atoms with E-state index in [-0.39, 0.29) is 18.3 Å². The molecule has 0 aliphatic carbocycles. The van der Waals surface area contributed by atoms with Gasteiger partial charge in [0.2, 0.25) is 0 Å². The first-order chi connectivity index (χ1) is 9.31. The molecule has 0 saturated carbocycles. The molecule has 1 aromatic carbocycles. The molecule has 0 saturated heterocycles. The average molecular weight is 295 g/mol. The molecule has 6 heteroatoms. The third-order valence-corrected chi connectivity index (χ3v) is 2.70. The number of nitrogens with one attached hydrogen (secondary N) is 2. The Morgan fingerprint density at radius 2 is 2.00 bits per heavy atom. The van der Waals surface area contributed by atoms with E-state index in [0.29, 0.717) is 12.1 Å². The Morgan fingerprint density at radius 1 is 1.25 bits per heavy atom. The van der Waals surface area contributed by atoms with Gasteiger partial charge >= 0.3 is 0 Å². The molecule has 20 heavy (non-hydrogen) atoms. The van der Waals surface area contributed by atoms with E-state index < -0.39 is 0 Å². The summed E-state index contributed by atoms with van der Waals surface area (Å²) in [5, 5.41) is 10.2. The molecule has 1 amide bonds. The molecule has 2 rings (SSSR count). The molecule has 0 aliphatic heterocycles. The second kappa shape index (κ2) is 8.35. The summed E-state index contributed by atoms with van der Waals surface area (Å²) < 4.78 is 1.69. The molecule has 2 N–H and O–H groups in total. The van der Waals surface area contributed by atoms with Crippen molar-refractivity contribution in [1.82, 2.24) is 20.4 Å². The van der Waals surface area contributed by atoms with Crippen molar-refractivity contribution in [2.75, 3.05) is 19.6 Å². The highest BCUT2D eigenvalue weighted by atomic mass is 35.5. The lowest BCUT2D eigenvalue weighted by atomic mass is 10.3. The Morgan fingerprint density at radius 3 is 2.70 bits per heavy atom. The molecular formula is C14H19ClN4O. The highest BCUT2D eigenvalue weighted by Gasteiger charge is 2.08. The van der Waals surface area contributed by atoms with Crippen molar-refractivity contribution in [2.24, 2.45) is 0 Å². The molecule has 0 fully saturated rings. The molecule has 1 aromatic heterocycles. The molecule has 0 radical (unpaired) electrons. The summed E-state index contributed by atoms with van der Waals surface area (Å²) in [6.45, 7) is 4.33. The number of hydrogen-bond acceptors (Lipinski definition) is 3. The monoisotopic (exact) mass is 294 g/mol. The number of rotatable bonds is 6. The fraction of sp³-hybridized carbons (Fsp3) is 0.286. The number of aromatic nitrogens is 2. The van der Waals surface area contributed by atoms with Crippen molar-refractivity contribution in [1.29, 1.82) is 0 Å². The van der Waals surface area contributed by atoms with E-state index in [1.54, 1.807) is 17.1 Å². The average Bonchev–Trinajstić information content (AvgIpc) is 2.94. The topological polar surface area (TPSA) is 58.9 Å². The summed E-state index contributed by atoms with van der Waals surface area (Å²) in [6, 6.07) is 9.71. The van der Waals surface area contributed by atoms with Crippen molar-refractivity contribution in [3.8, 4) is 5.69 Å². The van der Waals surface area contributed by atoms with Gasteiger partial charge in [0.25, 0.3) is 5.91 Å². The predicted molar refractivity (Wildman–Crippen MR) is 81.7 cm³/mol. The Hall–Kier alpha value is -1.85. The highest BCUT2D eigenvalue weighted by molar-refractivity contribution is 5.93. The molecule has 0 bridgehead atoms. The lowest BCUT2D eigenvalue weighted by molar-refractivity contribution is 0.0954. The quantitative estimate of drug-likeness (QED) is 0.796. The van der Waals surface area contributed by atoms with Crippen LogP contribution >= 0.6 is 12.4 Å². The molecule has 0 aliphatic rings. The number of amides is 1. The Balaban J connectivity index is 0.00000200. The number of nitrogens with zero attached hydrogens (tertiary/aromatic N) is 2. The number of likely N-dealkylation sites (N-methyl/N-ethyl adjacent to an activating group) is 1. The van der Waals surface area contributed by atoms with E-state index in [1.165, 1.54) is 0 Å². The van der Waals surface area contributed by atoms with E-state index in [1.807, 2.05) is 37.3 Å². The number of carbonyl (C=O) groups excluding carboxylic acids is 1. The molecular weight excluding hydrogens is 276 g/mol. The third kappa shape index (κ3) is 4.36.